The summed E-state index contributed by atoms with van der Waals surface area (Å²) in [4.78, 5) is 24.3. The lowest BCUT2D eigenvalue weighted by atomic mass is 10.0. The van der Waals surface area contributed by atoms with E-state index in [1.807, 2.05) is 0 Å². The average molecular weight is 339 g/mol. The molecule has 6 nitrogen and oxygen atoms in total. The number of hydrogen-bond donors (Lipinski definition) is 1. The maximum Gasteiger partial charge on any atom is 0.280 e. The molecule has 1 aromatic heterocycles. The average Bonchev–Trinajstić information content (AvgIpc) is 3.04. The number of halogens is 2. The Morgan fingerprint density at radius 2 is 2.00 bits per heavy atom. The minimum absolute atomic E-state index is 0.00181. The summed E-state index contributed by atoms with van der Waals surface area (Å²) in [6, 6.07) is 1.68. The molecule has 2 aliphatic heterocycles. The number of nitrogens with zero attached hydrogens (tertiary/aromatic N) is 4. The number of alkyl halides is 2. The number of piperidine rings is 1. The number of rotatable bonds is 4. The molecular weight excluding hydrogens is 316 g/mol. The van der Waals surface area contributed by atoms with Crippen molar-refractivity contribution in [3.63, 3.8) is 0 Å². The van der Waals surface area contributed by atoms with Gasteiger partial charge in [-0.05, 0) is 45.5 Å². The highest BCUT2D eigenvalue weighted by Gasteiger charge is 2.31. The molecule has 1 amide bonds. The van der Waals surface area contributed by atoms with Crippen molar-refractivity contribution in [2.24, 2.45) is 0 Å². The fraction of sp³-hybridized carbons (Fsp3) is 0.688. The summed E-state index contributed by atoms with van der Waals surface area (Å²) >= 11 is 0. The normalized spacial score (nSPS) is 23.8. The molecule has 0 bridgehead atoms. The molecular formula is C16H23F2N5O. The third kappa shape index (κ3) is 4.05. The van der Waals surface area contributed by atoms with Crippen molar-refractivity contribution in [2.75, 3.05) is 33.2 Å². The van der Waals surface area contributed by atoms with Crippen molar-refractivity contribution in [2.45, 2.75) is 37.8 Å². The molecule has 1 aromatic rings. The predicted molar refractivity (Wildman–Crippen MR) is 85.0 cm³/mol. The number of aromatic nitrogens is 2. The summed E-state index contributed by atoms with van der Waals surface area (Å²) in [6.07, 6.45) is 1.49. The van der Waals surface area contributed by atoms with Gasteiger partial charge < -0.3 is 10.2 Å². The van der Waals surface area contributed by atoms with E-state index in [-0.39, 0.29) is 11.7 Å². The lowest BCUT2D eigenvalue weighted by Crippen LogP contribution is -2.44. The van der Waals surface area contributed by atoms with E-state index in [0.717, 1.165) is 57.8 Å². The van der Waals surface area contributed by atoms with Gasteiger partial charge >= 0.3 is 0 Å². The molecule has 2 fully saturated rings. The first-order chi connectivity index (χ1) is 11.5. The molecule has 2 saturated heterocycles. The van der Waals surface area contributed by atoms with Crippen LogP contribution in [0.2, 0.25) is 0 Å². The van der Waals surface area contributed by atoms with Gasteiger partial charge in [-0.3, -0.25) is 9.69 Å². The van der Waals surface area contributed by atoms with Crippen LogP contribution in [0.4, 0.5) is 8.78 Å². The Kier molecular flexibility index (Phi) is 5.35. The van der Waals surface area contributed by atoms with Crippen molar-refractivity contribution >= 4 is 5.91 Å². The number of carbonyl (C=O) groups is 1. The van der Waals surface area contributed by atoms with Crippen LogP contribution in [0.1, 0.15) is 41.9 Å². The van der Waals surface area contributed by atoms with Crippen LogP contribution in [-0.2, 0) is 0 Å². The zero-order valence-corrected chi connectivity index (χ0v) is 13.8. The second-order valence-electron chi connectivity index (χ2n) is 6.62. The lowest BCUT2D eigenvalue weighted by Gasteiger charge is -2.35. The fourth-order valence-corrected chi connectivity index (χ4v) is 3.47. The second-order valence-corrected chi connectivity index (χ2v) is 6.62. The van der Waals surface area contributed by atoms with E-state index in [9.17, 15) is 13.6 Å². The first-order valence-electron chi connectivity index (χ1n) is 8.36. The van der Waals surface area contributed by atoms with Crippen LogP contribution < -0.4 is 5.32 Å². The van der Waals surface area contributed by atoms with Crippen LogP contribution in [0.15, 0.2) is 12.4 Å². The Morgan fingerprint density at radius 3 is 2.71 bits per heavy atom. The SMILES string of the molecule is CN1CCC(N2CCC(NC(=O)c3cc(C(F)F)ncn3)C2)CC1. The summed E-state index contributed by atoms with van der Waals surface area (Å²) in [5.41, 5.74) is -0.424. The highest BCUT2D eigenvalue weighted by molar-refractivity contribution is 5.92. The van der Waals surface area contributed by atoms with E-state index in [1.165, 1.54) is 0 Å². The third-order valence-corrected chi connectivity index (χ3v) is 4.90. The van der Waals surface area contributed by atoms with E-state index >= 15 is 0 Å². The summed E-state index contributed by atoms with van der Waals surface area (Å²) in [7, 11) is 2.14. The lowest BCUT2D eigenvalue weighted by molar-refractivity contribution is 0.0926. The van der Waals surface area contributed by atoms with E-state index in [0.29, 0.717) is 6.04 Å². The summed E-state index contributed by atoms with van der Waals surface area (Å²) in [5.74, 6) is -0.408. The van der Waals surface area contributed by atoms with Crippen LogP contribution in [0, 0.1) is 0 Å². The highest BCUT2D eigenvalue weighted by atomic mass is 19.3. The Hall–Kier alpha value is -1.67. The minimum Gasteiger partial charge on any atom is -0.347 e. The largest absolute Gasteiger partial charge is 0.347 e. The molecule has 0 radical (unpaired) electrons. The second kappa shape index (κ2) is 7.48. The number of carbonyl (C=O) groups excluding carboxylic acids is 1. The minimum atomic E-state index is -2.70. The molecule has 0 saturated carbocycles. The van der Waals surface area contributed by atoms with Gasteiger partial charge in [0, 0.05) is 25.2 Å². The van der Waals surface area contributed by atoms with Crippen LogP contribution in [0.25, 0.3) is 0 Å². The Morgan fingerprint density at radius 1 is 1.25 bits per heavy atom. The maximum absolute atomic E-state index is 12.7. The number of nitrogens with one attached hydrogen (secondary N) is 1. The maximum atomic E-state index is 12.7. The van der Waals surface area contributed by atoms with Gasteiger partial charge in [-0.2, -0.15) is 0 Å². The molecule has 1 N–H and O–H groups in total. The molecule has 1 atom stereocenters. The molecule has 132 valence electrons. The first-order valence-corrected chi connectivity index (χ1v) is 8.36. The van der Waals surface area contributed by atoms with Crippen molar-refractivity contribution in [1.29, 1.82) is 0 Å². The number of likely N-dealkylation sites (tertiary alicyclic amines) is 2. The van der Waals surface area contributed by atoms with E-state index in [1.54, 1.807) is 0 Å². The molecule has 8 heteroatoms. The summed E-state index contributed by atoms with van der Waals surface area (Å²) in [6.45, 7) is 3.99. The van der Waals surface area contributed by atoms with E-state index in [2.05, 4.69) is 32.1 Å². The van der Waals surface area contributed by atoms with E-state index < -0.39 is 18.0 Å². The van der Waals surface area contributed by atoms with Gasteiger partial charge in [-0.25, -0.2) is 18.7 Å². The van der Waals surface area contributed by atoms with E-state index in [4.69, 9.17) is 0 Å². The van der Waals surface area contributed by atoms with Crippen LogP contribution >= 0.6 is 0 Å². The Bertz CT molecular complexity index is 577. The third-order valence-electron chi connectivity index (χ3n) is 4.90. The quantitative estimate of drug-likeness (QED) is 0.896. The molecule has 0 aliphatic carbocycles. The fourth-order valence-electron chi connectivity index (χ4n) is 3.47. The highest BCUT2D eigenvalue weighted by Crippen LogP contribution is 2.21. The molecule has 3 heterocycles. The molecule has 1 unspecified atom stereocenters. The van der Waals surface area contributed by atoms with Gasteiger partial charge in [0.25, 0.3) is 12.3 Å². The standard InChI is InChI=1S/C16H23F2N5O/c1-22-5-3-12(4-6-22)23-7-2-11(9-23)21-16(24)14-8-13(15(17)18)19-10-20-14/h8,10-12,15H,2-7,9H2,1H3,(H,21,24). The van der Waals surface area contributed by atoms with Crippen molar-refractivity contribution in [3.8, 4) is 0 Å². The summed E-state index contributed by atoms with van der Waals surface area (Å²) in [5, 5.41) is 2.91. The molecule has 24 heavy (non-hydrogen) atoms. The Balaban J connectivity index is 1.53. The van der Waals surface area contributed by atoms with Crippen molar-refractivity contribution < 1.29 is 13.6 Å². The van der Waals surface area contributed by atoms with Gasteiger partial charge in [0.1, 0.15) is 17.7 Å². The van der Waals surface area contributed by atoms with Crippen LogP contribution in [-0.4, -0.2) is 71.0 Å². The zero-order valence-electron chi connectivity index (χ0n) is 13.8. The van der Waals surface area contributed by atoms with Gasteiger partial charge in [0.15, 0.2) is 0 Å². The van der Waals surface area contributed by atoms with Crippen LogP contribution in [0.5, 0.6) is 0 Å². The number of hydrogen-bond acceptors (Lipinski definition) is 5. The summed E-state index contributed by atoms with van der Waals surface area (Å²) < 4.78 is 25.3. The first kappa shape index (κ1) is 17.2. The van der Waals surface area contributed by atoms with Gasteiger partial charge in [-0.1, -0.05) is 0 Å². The van der Waals surface area contributed by atoms with Gasteiger partial charge in [0.05, 0.1) is 0 Å². The van der Waals surface area contributed by atoms with Crippen LogP contribution in [0.3, 0.4) is 0 Å². The van der Waals surface area contributed by atoms with Gasteiger partial charge in [0.2, 0.25) is 0 Å². The molecule has 0 aromatic carbocycles. The topological polar surface area (TPSA) is 61.4 Å². The monoisotopic (exact) mass is 339 g/mol. The number of amides is 1. The molecule has 3 rings (SSSR count). The Labute approximate surface area is 140 Å². The zero-order chi connectivity index (χ0) is 17.1. The predicted octanol–water partition coefficient (Wildman–Crippen LogP) is 1.31. The molecule has 0 spiro atoms. The van der Waals surface area contributed by atoms with Gasteiger partial charge in [-0.15, -0.1) is 0 Å². The molecule has 2 aliphatic rings. The van der Waals surface area contributed by atoms with Crippen molar-refractivity contribution in [3.05, 3.63) is 23.8 Å². The smallest absolute Gasteiger partial charge is 0.280 e. The van der Waals surface area contributed by atoms with Crippen molar-refractivity contribution in [1.82, 2.24) is 25.1 Å².